The maximum atomic E-state index is 13.7. The summed E-state index contributed by atoms with van der Waals surface area (Å²) in [7, 11) is 0. The largest absolute Gasteiger partial charge is 0.311 e. The van der Waals surface area contributed by atoms with Gasteiger partial charge in [0, 0.05) is 23.9 Å². The Morgan fingerprint density at radius 1 is 1.13 bits per heavy atom. The molecular weight excluding hydrogens is 196 g/mol. The number of alkyl halides is 2. The molecule has 3 atom stereocenters. The molecule has 4 aliphatic rings. The molecular formula is C12H17F2N. The van der Waals surface area contributed by atoms with Crippen LogP contribution in [0.2, 0.25) is 0 Å². The van der Waals surface area contributed by atoms with Crippen LogP contribution in [-0.2, 0) is 0 Å². The van der Waals surface area contributed by atoms with Gasteiger partial charge in [0.05, 0.1) is 0 Å². The second-order valence-electron chi connectivity index (χ2n) is 6.17. The number of hydrogen-bond donors (Lipinski definition) is 1. The van der Waals surface area contributed by atoms with E-state index >= 15 is 0 Å². The first-order valence-electron chi connectivity index (χ1n) is 6.24. The Labute approximate surface area is 88.6 Å². The molecule has 2 spiro atoms. The standard InChI is InChI=1S/C12H17F2N/c13-12(14)7-11(12)6-8-2-3-9(15-8)10(11)4-1-5-10/h8-9,15H,1-7H2. The SMILES string of the molecule is FC1(F)CC12CC1CCC(N1)C21CCC1. The number of fused-ring (bicyclic) bond motifs is 4. The van der Waals surface area contributed by atoms with Crippen molar-refractivity contribution in [3.63, 3.8) is 0 Å². The van der Waals surface area contributed by atoms with Crippen molar-refractivity contribution in [2.75, 3.05) is 0 Å². The lowest BCUT2D eigenvalue weighted by Gasteiger charge is -2.55. The van der Waals surface area contributed by atoms with Crippen LogP contribution < -0.4 is 5.32 Å². The number of piperidine rings is 1. The van der Waals surface area contributed by atoms with Crippen molar-refractivity contribution in [3.05, 3.63) is 0 Å². The van der Waals surface area contributed by atoms with E-state index in [-0.39, 0.29) is 11.8 Å². The average Bonchev–Trinajstić information content (AvgIpc) is 2.49. The van der Waals surface area contributed by atoms with Crippen LogP contribution >= 0.6 is 0 Å². The monoisotopic (exact) mass is 213 g/mol. The van der Waals surface area contributed by atoms with Crippen molar-refractivity contribution in [2.24, 2.45) is 10.8 Å². The van der Waals surface area contributed by atoms with E-state index in [1.54, 1.807) is 0 Å². The third kappa shape index (κ3) is 0.778. The molecule has 3 unspecified atom stereocenters. The second-order valence-corrected chi connectivity index (χ2v) is 6.17. The molecule has 0 aromatic carbocycles. The van der Waals surface area contributed by atoms with Crippen molar-refractivity contribution in [1.29, 1.82) is 0 Å². The van der Waals surface area contributed by atoms with Crippen molar-refractivity contribution >= 4 is 0 Å². The Kier molecular flexibility index (Phi) is 1.33. The molecule has 1 N–H and O–H groups in total. The highest BCUT2D eigenvalue weighted by molar-refractivity contribution is 5.28. The van der Waals surface area contributed by atoms with E-state index < -0.39 is 11.3 Å². The summed E-state index contributed by atoms with van der Waals surface area (Å²) in [5.41, 5.74) is -0.584. The highest BCUT2D eigenvalue weighted by Crippen LogP contribution is 2.79. The van der Waals surface area contributed by atoms with Crippen LogP contribution in [0, 0.1) is 10.8 Å². The fraction of sp³-hybridized carbons (Fsp3) is 1.00. The summed E-state index contributed by atoms with van der Waals surface area (Å²) < 4.78 is 27.5. The van der Waals surface area contributed by atoms with Gasteiger partial charge in [-0.1, -0.05) is 6.42 Å². The second kappa shape index (κ2) is 2.24. The van der Waals surface area contributed by atoms with Gasteiger partial charge in [-0.2, -0.15) is 0 Å². The number of hydrogen-bond acceptors (Lipinski definition) is 1. The summed E-state index contributed by atoms with van der Waals surface area (Å²) >= 11 is 0. The van der Waals surface area contributed by atoms with E-state index in [1.807, 2.05) is 0 Å². The number of nitrogens with one attached hydrogen (secondary N) is 1. The van der Waals surface area contributed by atoms with Gasteiger partial charge in [0.15, 0.2) is 0 Å². The molecule has 2 saturated carbocycles. The third-order valence-electron chi connectivity index (χ3n) is 5.80. The van der Waals surface area contributed by atoms with Crippen molar-refractivity contribution in [1.82, 2.24) is 5.32 Å². The zero-order valence-electron chi connectivity index (χ0n) is 8.86. The van der Waals surface area contributed by atoms with E-state index in [0.717, 1.165) is 32.1 Å². The molecule has 2 bridgehead atoms. The van der Waals surface area contributed by atoms with Gasteiger partial charge in [0.25, 0.3) is 5.92 Å². The lowest BCUT2D eigenvalue weighted by molar-refractivity contribution is -0.0954. The molecule has 4 rings (SSSR count). The Morgan fingerprint density at radius 2 is 1.87 bits per heavy atom. The molecule has 2 saturated heterocycles. The Balaban J connectivity index is 1.79. The fourth-order valence-electron chi connectivity index (χ4n) is 4.85. The molecule has 2 aliphatic heterocycles. The minimum atomic E-state index is -2.34. The first-order valence-corrected chi connectivity index (χ1v) is 6.24. The average molecular weight is 213 g/mol. The van der Waals surface area contributed by atoms with Crippen molar-refractivity contribution in [2.45, 2.75) is 63.0 Å². The van der Waals surface area contributed by atoms with Gasteiger partial charge in [-0.15, -0.1) is 0 Å². The van der Waals surface area contributed by atoms with Crippen LogP contribution in [-0.4, -0.2) is 18.0 Å². The highest BCUT2D eigenvalue weighted by Gasteiger charge is 2.83. The van der Waals surface area contributed by atoms with Crippen LogP contribution in [0.3, 0.4) is 0 Å². The Morgan fingerprint density at radius 3 is 2.40 bits per heavy atom. The number of halogens is 2. The van der Waals surface area contributed by atoms with Crippen LogP contribution in [0.25, 0.3) is 0 Å². The summed E-state index contributed by atoms with van der Waals surface area (Å²) in [6, 6.07) is 0.813. The summed E-state index contributed by atoms with van der Waals surface area (Å²) in [5.74, 6) is -2.34. The summed E-state index contributed by atoms with van der Waals surface area (Å²) in [6.07, 6.45) is 6.47. The van der Waals surface area contributed by atoms with Crippen molar-refractivity contribution in [3.8, 4) is 0 Å². The molecule has 4 fully saturated rings. The van der Waals surface area contributed by atoms with Crippen LogP contribution in [0.1, 0.15) is 44.9 Å². The van der Waals surface area contributed by atoms with E-state index in [0.29, 0.717) is 12.1 Å². The molecule has 0 amide bonds. The maximum Gasteiger partial charge on any atom is 0.255 e. The third-order valence-corrected chi connectivity index (χ3v) is 5.80. The van der Waals surface area contributed by atoms with Gasteiger partial charge in [0.2, 0.25) is 0 Å². The quantitative estimate of drug-likeness (QED) is 0.652. The fourth-order valence-corrected chi connectivity index (χ4v) is 4.85. The molecule has 0 radical (unpaired) electrons. The predicted molar refractivity (Wildman–Crippen MR) is 52.8 cm³/mol. The van der Waals surface area contributed by atoms with Gasteiger partial charge in [0.1, 0.15) is 0 Å². The first-order chi connectivity index (χ1) is 7.10. The van der Waals surface area contributed by atoms with E-state index in [2.05, 4.69) is 5.32 Å². The van der Waals surface area contributed by atoms with E-state index in [4.69, 9.17) is 0 Å². The maximum absolute atomic E-state index is 13.7. The summed E-state index contributed by atoms with van der Waals surface area (Å²) in [5, 5.41) is 3.58. The van der Waals surface area contributed by atoms with Gasteiger partial charge >= 0.3 is 0 Å². The lowest BCUT2D eigenvalue weighted by Crippen LogP contribution is -2.60. The lowest BCUT2D eigenvalue weighted by atomic mass is 9.53. The van der Waals surface area contributed by atoms with Gasteiger partial charge < -0.3 is 5.32 Å². The van der Waals surface area contributed by atoms with Gasteiger partial charge in [-0.3, -0.25) is 0 Å². The Bertz CT molecular complexity index is 324. The van der Waals surface area contributed by atoms with Crippen LogP contribution in [0.15, 0.2) is 0 Å². The first kappa shape index (κ1) is 8.91. The minimum Gasteiger partial charge on any atom is -0.311 e. The van der Waals surface area contributed by atoms with Gasteiger partial charge in [-0.05, 0) is 37.5 Å². The van der Waals surface area contributed by atoms with E-state index in [1.165, 1.54) is 6.42 Å². The molecule has 3 heteroatoms. The zero-order valence-corrected chi connectivity index (χ0v) is 8.86. The Hall–Kier alpha value is -0.180. The zero-order chi connectivity index (χ0) is 10.3. The molecule has 2 heterocycles. The smallest absolute Gasteiger partial charge is 0.255 e. The van der Waals surface area contributed by atoms with E-state index in [9.17, 15) is 8.78 Å². The van der Waals surface area contributed by atoms with Crippen LogP contribution in [0.4, 0.5) is 8.78 Å². The normalized spacial score (nSPS) is 53.2. The number of rotatable bonds is 0. The highest BCUT2D eigenvalue weighted by atomic mass is 19.3. The summed E-state index contributed by atoms with van der Waals surface area (Å²) in [6.45, 7) is 0. The van der Waals surface area contributed by atoms with Crippen molar-refractivity contribution < 1.29 is 8.78 Å². The predicted octanol–water partition coefficient (Wildman–Crippen LogP) is 2.71. The van der Waals surface area contributed by atoms with Gasteiger partial charge in [-0.25, -0.2) is 8.78 Å². The molecule has 2 aliphatic carbocycles. The molecule has 0 aromatic rings. The molecule has 1 nitrogen and oxygen atoms in total. The topological polar surface area (TPSA) is 12.0 Å². The molecule has 84 valence electrons. The molecule has 0 aromatic heterocycles. The minimum absolute atomic E-state index is 0.0104. The van der Waals surface area contributed by atoms with Crippen LogP contribution in [0.5, 0.6) is 0 Å². The molecule has 15 heavy (non-hydrogen) atoms. The summed E-state index contributed by atoms with van der Waals surface area (Å²) in [4.78, 5) is 0.